The smallest absolute Gasteiger partial charge is 0.0600 e. The molecule has 1 aromatic carbocycles. The van der Waals surface area contributed by atoms with Crippen LogP contribution in [-0.4, -0.2) is 38.6 Å². The van der Waals surface area contributed by atoms with Crippen LogP contribution in [0.2, 0.25) is 0 Å². The molecule has 3 nitrogen and oxygen atoms in total. The molecule has 2 N–H and O–H groups in total. The summed E-state index contributed by atoms with van der Waals surface area (Å²) in [6.07, 6.45) is 1.30. The minimum atomic E-state index is 0.768. The van der Waals surface area contributed by atoms with Gasteiger partial charge < -0.3 is 15.5 Å². The van der Waals surface area contributed by atoms with Crippen LogP contribution >= 0.6 is 0 Å². The van der Waals surface area contributed by atoms with Gasteiger partial charge in [-0.1, -0.05) is 6.07 Å². The Balaban J connectivity index is 2.04. The molecule has 1 unspecified atom stereocenters. The first-order valence-electron chi connectivity index (χ1n) is 6.32. The average molecular weight is 233 g/mol. The lowest BCUT2D eigenvalue weighted by atomic mass is 10.1. The Bertz CT molecular complexity index is 389. The molecular weight excluding hydrogens is 210 g/mol. The average Bonchev–Trinajstić information content (AvgIpc) is 2.67. The standard InChI is InChI=1S/C14H23N3/c1-11-4-5-13(15)14(8-11)17(3)10-12-6-7-16(2)9-12/h4-5,8,12H,6-7,9-10,15H2,1-3H3. The molecule has 0 radical (unpaired) electrons. The third-order valence-electron chi connectivity index (χ3n) is 3.62. The molecule has 3 heteroatoms. The lowest BCUT2D eigenvalue weighted by Gasteiger charge is -2.24. The van der Waals surface area contributed by atoms with Gasteiger partial charge >= 0.3 is 0 Å². The SMILES string of the molecule is Cc1ccc(N)c(N(C)CC2CCN(C)C2)c1. The van der Waals surface area contributed by atoms with E-state index in [-0.39, 0.29) is 0 Å². The number of nitrogens with two attached hydrogens (primary N) is 1. The molecule has 2 rings (SSSR count). The molecular formula is C14H23N3. The highest BCUT2D eigenvalue weighted by atomic mass is 15.2. The van der Waals surface area contributed by atoms with E-state index in [0.717, 1.165) is 18.2 Å². The summed E-state index contributed by atoms with van der Waals surface area (Å²) in [7, 11) is 4.34. The fourth-order valence-electron chi connectivity index (χ4n) is 2.65. The number of hydrogen-bond donors (Lipinski definition) is 1. The molecule has 1 aliphatic heterocycles. The maximum absolute atomic E-state index is 6.04. The maximum atomic E-state index is 6.04. The summed E-state index contributed by atoms with van der Waals surface area (Å²) in [4.78, 5) is 4.70. The van der Waals surface area contributed by atoms with Crippen molar-refractivity contribution in [2.45, 2.75) is 13.3 Å². The van der Waals surface area contributed by atoms with Gasteiger partial charge in [0, 0.05) is 20.1 Å². The van der Waals surface area contributed by atoms with E-state index in [1.165, 1.54) is 30.8 Å². The molecule has 94 valence electrons. The van der Waals surface area contributed by atoms with Crippen LogP contribution in [0.25, 0.3) is 0 Å². The third kappa shape index (κ3) is 2.91. The lowest BCUT2D eigenvalue weighted by molar-refractivity contribution is 0.396. The van der Waals surface area contributed by atoms with Crippen molar-refractivity contribution in [2.24, 2.45) is 5.92 Å². The van der Waals surface area contributed by atoms with Crippen molar-refractivity contribution in [2.75, 3.05) is 44.4 Å². The Morgan fingerprint density at radius 3 is 2.88 bits per heavy atom. The van der Waals surface area contributed by atoms with Crippen molar-refractivity contribution in [3.05, 3.63) is 23.8 Å². The van der Waals surface area contributed by atoms with Crippen molar-refractivity contribution in [3.63, 3.8) is 0 Å². The van der Waals surface area contributed by atoms with Gasteiger partial charge in [-0.25, -0.2) is 0 Å². The monoisotopic (exact) mass is 233 g/mol. The van der Waals surface area contributed by atoms with Crippen molar-refractivity contribution >= 4 is 11.4 Å². The Kier molecular flexibility index (Phi) is 3.57. The van der Waals surface area contributed by atoms with Crippen molar-refractivity contribution < 1.29 is 0 Å². The second-order valence-electron chi connectivity index (χ2n) is 5.36. The topological polar surface area (TPSA) is 32.5 Å². The van der Waals surface area contributed by atoms with Gasteiger partial charge in [0.15, 0.2) is 0 Å². The van der Waals surface area contributed by atoms with E-state index in [1.807, 2.05) is 6.07 Å². The number of nitrogen functional groups attached to an aromatic ring is 1. The molecule has 0 aromatic heterocycles. The number of rotatable bonds is 3. The predicted octanol–water partition coefficient (Wildman–Crippen LogP) is 1.97. The number of likely N-dealkylation sites (tertiary alicyclic amines) is 1. The van der Waals surface area contributed by atoms with Crippen LogP contribution in [0.15, 0.2) is 18.2 Å². The van der Waals surface area contributed by atoms with E-state index in [2.05, 4.69) is 43.0 Å². The minimum absolute atomic E-state index is 0.768. The molecule has 1 aliphatic rings. The van der Waals surface area contributed by atoms with Crippen LogP contribution in [0.4, 0.5) is 11.4 Å². The molecule has 0 aliphatic carbocycles. The van der Waals surface area contributed by atoms with Gasteiger partial charge in [0.2, 0.25) is 0 Å². The van der Waals surface area contributed by atoms with Gasteiger partial charge in [-0.05, 0) is 50.6 Å². The third-order valence-corrected chi connectivity index (χ3v) is 3.62. The zero-order valence-electron chi connectivity index (χ0n) is 11.1. The van der Waals surface area contributed by atoms with Crippen molar-refractivity contribution in [1.82, 2.24) is 4.90 Å². The van der Waals surface area contributed by atoms with E-state index in [9.17, 15) is 0 Å². The maximum Gasteiger partial charge on any atom is 0.0600 e. The van der Waals surface area contributed by atoms with E-state index in [0.29, 0.717) is 0 Å². The number of aryl methyl sites for hydroxylation is 1. The summed E-state index contributed by atoms with van der Waals surface area (Å²) in [5, 5.41) is 0. The summed E-state index contributed by atoms with van der Waals surface area (Å²) in [5.74, 6) is 0.768. The largest absolute Gasteiger partial charge is 0.397 e. The van der Waals surface area contributed by atoms with Gasteiger partial charge in [0.1, 0.15) is 0 Å². The van der Waals surface area contributed by atoms with Gasteiger partial charge in [-0.15, -0.1) is 0 Å². The Morgan fingerprint density at radius 2 is 2.24 bits per heavy atom. The molecule has 0 spiro atoms. The summed E-state index contributed by atoms with van der Waals surface area (Å²) in [6, 6.07) is 6.24. The van der Waals surface area contributed by atoms with Gasteiger partial charge in [0.25, 0.3) is 0 Å². The highest BCUT2D eigenvalue weighted by molar-refractivity contribution is 5.68. The zero-order chi connectivity index (χ0) is 12.4. The van der Waals surface area contributed by atoms with Crippen LogP contribution in [0, 0.1) is 12.8 Å². The first kappa shape index (κ1) is 12.2. The molecule has 1 fully saturated rings. The summed E-state index contributed by atoms with van der Waals surface area (Å²) >= 11 is 0. The van der Waals surface area contributed by atoms with E-state index in [4.69, 9.17) is 5.73 Å². The first-order chi connectivity index (χ1) is 8.06. The second-order valence-corrected chi connectivity index (χ2v) is 5.36. The van der Waals surface area contributed by atoms with E-state index in [1.54, 1.807) is 0 Å². The first-order valence-corrected chi connectivity index (χ1v) is 6.32. The second kappa shape index (κ2) is 4.96. The Morgan fingerprint density at radius 1 is 1.47 bits per heavy atom. The zero-order valence-corrected chi connectivity index (χ0v) is 11.1. The van der Waals surface area contributed by atoms with Gasteiger partial charge in [-0.3, -0.25) is 0 Å². The molecule has 0 bridgehead atoms. The van der Waals surface area contributed by atoms with Crippen LogP contribution < -0.4 is 10.6 Å². The van der Waals surface area contributed by atoms with Gasteiger partial charge in [-0.2, -0.15) is 0 Å². The van der Waals surface area contributed by atoms with E-state index >= 15 is 0 Å². The predicted molar refractivity (Wildman–Crippen MR) is 74.5 cm³/mol. The minimum Gasteiger partial charge on any atom is -0.397 e. The normalized spacial score (nSPS) is 20.8. The summed E-state index contributed by atoms with van der Waals surface area (Å²) in [6.45, 7) is 5.63. The van der Waals surface area contributed by atoms with Crippen LogP contribution in [0.3, 0.4) is 0 Å². The Hall–Kier alpha value is -1.22. The summed E-state index contributed by atoms with van der Waals surface area (Å²) in [5.41, 5.74) is 9.35. The quantitative estimate of drug-likeness (QED) is 0.810. The molecule has 1 saturated heterocycles. The molecule has 17 heavy (non-hydrogen) atoms. The molecule has 0 amide bonds. The van der Waals surface area contributed by atoms with Gasteiger partial charge in [0.05, 0.1) is 11.4 Å². The highest BCUT2D eigenvalue weighted by Gasteiger charge is 2.21. The molecule has 1 atom stereocenters. The number of nitrogens with zero attached hydrogens (tertiary/aromatic N) is 2. The molecule has 1 heterocycles. The number of benzene rings is 1. The van der Waals surface area contributed by atoms with Crippen LogP contribution in [-0.2, 0) is 0 Å². The number of anilines is 2. The number of hydrogen-bond acceptors (Lipinski definition) is 3. The fourth-order valence-corrected chi connectivity index (χ4v) is 2.65. The van der Waals surface area contributed by atoms with Crippen LogP contribution in [0.5, 0.6) is 0 Å². The van der Waals surface area contributed by atoms with E-state index < -0.39 is 0 Å². The fraction of sp³-hybridized carbons (Fsp3) is 0.571. The lowest BCUT2D eigenvalue weighted by Crippen LogP contribution is -2.27. The highest BCUT2D eigenvalue weighted by Crippen LogP contribution is 2.25. The van der Waals surface area contributed by atoms with Crippen molar-refractivity contribution in [1.29, 1.82) is 0 Å². The van der Waals surface area contributed by atoms with Crippen molar-refractivity contribution in [3.8, 4) is 0 Å². The summed E-state index contributed by atoms with van der Waals surface area (Å²) < 4.78 is 0. The molecule has 0 saturated carbocycles. The van der Waals surface area contributed by atoms with Crippen LogP contribution in [0.1, 0.15) is 12.0 Å². The molecule has 1 aromatic rings. The Labute approximate surface area is 104 Å².